The van der Waals surface area contributed by atoms with Gasteiger partial charge in [-0.1, -0.05) is 18.2 Å². The maximum Gasteiger partial charge on any atom is 0.221 e. The van der Waals surface area contributed by atoms with Crippen molar-refractivity contribution < 1.29 is 4.74 Å². The van der Waals surface area contributed by atoms with E-state index in [0.717, 1.165) is 18.5 Å². The molecule has 0 fully saturated rings. The summed E-state index contributed by atoms with van der Waals surface area (Å²) in [6, 6.07) is 11.2. The first kappa shape index (κ1) is 13.1. The van der Waals surface area contributed by atoms with E-state index in [1.165, 1.54) is 16.7 Å². The summed E-state index contributed by atoms with van der Waals surface area (Å²) in [5.74, 6) is 0.688. The molecule has 20 heavy (non-hydrogen) atoms. The summed E-state index contributed by atoms with van der Waals surface area (Å²) in [7, 11) is 3.85. The molecule has 0 amide bonds. The Hall–Kier alpha value is -1.87. The number of pyridine rings is 1. The number of nitrogens with zero attached hydrogens (tertiary/aromatic N) is 2. The first-order valence-corrected chi connectivity index (χ1v) is 7.03. The predicted octanol–water partition coefficient (Wildman–Crippen LogP) is 3.31. The average Bonchev–Trinajstić information content (AvgIpc) is 2.50. The number of rotatable bonds is 2. The Labute approximate surface area is 120 Å². The minimum absolute atomic E-state index is 0.489. The SMILES string of the molecule is COc1ncccc1-c1ccc2c(c1)CCN(C)C2C. The van der Waals surface area contributed by atoms with Crippen LogP contribution < -0.4 is 4.74 Å². The number of hydrogen-bond acceptors (Lipinski definition) is 3. The number of ether oxygens (including phenoxy) is 1. The molecule has 0 N–H and O–H groups in total. The van der Waals surface area contributed by atoms with E-state index >= 15 is 0 Å². The van der Waals surface area contributed by atoms with Gasteiger partial charge in [0, 0.05) is 24.3 Å². The second kappa shape index (κ2) is 5.25. The maximum absolute atomic E-state index is 5.36. The molecule has 3 nitrogen and oxygen atoms in total. The number of methoxy groups -OCH3 is 1. The third-order valence-corrected chi connectivity index (χ3v) is 4.26. The molecule has 0 saturated heterocycles. The highest BCUT2D eigenvalue weighted by Crippen LogP contribution is 2.34. The molecule has 0 saturated carbocycles. The molecule has 1 atom stereocenters. The molecule has 0 radical (unpaired) electrons. The second-order valence-corrected chi connectivity index (χ2v) is 5.38. The molecule has 1 aliphatic rings. The van der Waals surface area contributed by atoms with Crippen LogP contribution in [0, 0.1) is 0 Å². The van der Waals surface area contributed by atoms with Gasteiger partial charge in [-0.15, -0.1) is 0 Å². The minimum Gasteiger partial charge on any atom is -0.481 e. The molecule has 0 spiro atoms. The van der Waals surface area contributed by atoms with E-state index in [1.54, 1.807) is 13.3 Å². The van der Waals surface area contributed by atoms with E-state index < -0.39 is 0 Å². The summed E-state index contributed by atoms with van der Waals surface area (Å²) in [6.07, 6.45) is 2.87. The van der Waals surface area contributed by atoms with Gasteiger partial charge in [0.05, 0.1) is 7.11 Å². The van der Waals surface area contributed by atoms with Crippen molar-refractivity contribution in [2.45, 2.75) is 19.4 Å². The van der Waals surface area contributed by atoms with Gasteiger partial charge in [-0.05, 0) is 49.2 Å². The molecule has 1 unspecified atom stereocenters. The van der Waals surface area contributed by atoms with Crippen molar-refractivity contribution in [3.05, 3.63) is 47.7 Å². The lowest BCUT2D eigenvalue weighted by Crippen LogP contribution is -2.30. The molecule has 2 aromatic rings. The minimum atomic E-state index is 0.489. The lowest BCUT2D eigenvalue weighted by Gasteiger charge is -2.32. The van der Waals surface area contributed by atoms with E-state index in [1.807, 2.05) is 6.07 Å². The summed E-state index contributed by atoms with van der Waals surface area (Å²) in [5.41, 5.74) is 5.12. The fourth-order valence-corrected chi connectivity index (χ4v) is 2.90. The van der Waals surface area contributed by atoms with Gasteiger partial charge in [0.2, 0.25) is 5.88 Å². The monoisotopic (exact) mass is 268 g/mol. The van der Waals surface area contributed by atoms with Crippen LogP contribution in [0.2, 0.25) is 0 Å². The molecule has 3 heteroatoms. The lowest BCUT2D eigenvalue weighted by atomic mass is 9.91. The quantitative estimate of drug-likeness (QED) is 0.835. The van der Waals surface area contributed by atoms with Gasteiger partial charge in [-0.2, -0.15) is 0 Å². The van der Waals surface area contributed by atoms with E-state index in [4.69, 9.17) is 4.74 Å². The Bertz CT molecular complexity index is 624. The molecule has 1 aromatic heterocycles. The van der Waals surface area contributed by atoms with E-state index in [2.05, 4.69) is 48.1 Å². The number of hydrogen-bond donors (Lipinski definition) is 0. The first-order chi connectivity index (χ1) is 9.70. The normalized spacial score (nSPS) is 18.6. The predicted molar refractivity (Wildman–Crippen MR) is 81.0 cm³/mol. The molecule has 104 valence electrons. The van der Waals surface area contributed by atoms with Gasteiger partial charge in [0.15, 0.2) is 0 Å². The first-order valence-electron chi connectivity index (χ1n) is 7.03. The second-order valence-electron chi connectivity index (χ2n) is 5.38. The van der Waals surface area contributed by atoms with Crippen LogP contribution >= 0.6 is 0 Å². The van der Waals surface area contributed by atoms with Crippen LogP contribution in [0.15, 0.2) is 36.5 Å². The highest BCUT2D eigenvalue weighted by molar-refractivity contribution is 5.69. The standard InChI is InChI=1S/C17H20N2O/c1-12-15-7-6-13(11-14(15)8-10-19(12)2)16-5-4-9-18-17(16)20-3/h4-7,9,11-12H,8,10H2,1-3H3. The van der Waals surface area contributed by atoms with Crippen molar-refractivity contribution in [1.82, 2.24) is 9.88 Å². The van der Waals surface area contributed by atoms with E-state index in [-0.39, 0.29) is 0 Å². The lowest BCUT2D eigenvalue weighted by molar-refractivity contribution is 0.247. The average molecular weight is 268 g/mol. The van der Waals surface area contributed by atoms with Crippen LogP contribution in [0.1, 0.15) is 24.1 Å². The Morgan fingerprint density at radius 1 is 1.30 bits per heavy atom. The molecule has 1 aliphatic heterocycles. The highest BCUT2D eigenvalue weighted by Gasteiger charge is 2.21. The molecule has 1 aromatic carbocycles. The fourth-order valence-electron chi connectivity index (χ4n) is 2.90. The zero-order valence-corrected chi connectivity index (χ0v) is 12.3. The van der Waals surface area contributed by atoms with Crippen LogP contribution in [-0.2, 0) is 6.42 Å². The van der Waals surface area contributed by atoms with Gasteiger partial charge in [-0.3, -0.25) is 4.90 Å². The molecule has 0 bridgehead atoms. The van der Waals surface area contributed by atoms with Crippen LogP contribution in [0.4, 0.5) is 0 Å². The number of likely N-dealkylation sites (N-methyl/N-ethyl adjacent to an activating group) is 1. The van der Waals surface area contributed by atoms with Crippen LogP contribution in [0.25, 0.3) is 11.1 Å². The number of fused-ring (bicyclic) bond motifs is 1. The van der Waals surface area contributed by atoms with Crippen molar-refractivity contribution in [1.29, 1.82) is 0 Å². The molecule has 0 aliphatic carbocycles. The van der Waals surface area contributed by atoms with Crippen LogP contribution in [0.3, 0.4) is 0 Å². The van der Waals surface area contributed by atoms with Crippen molar-refractivity contribution in [2.75, 3.05) is 20.7 Å². The molecular formula is C17H20N2O. The van der Waals surface area contributed by atoms with Gasteiger partial charge in [-0.25, -0.2) is 4.98 Å². The third kappa shape index (κ3) is 2.18. The largest absolute Gasteiger partial charge is 0.481 e. The Kier molecular flexibility index (Phi) is 3.45. The van der Waals surface area contributed by atoms with Crippen molar-refractivity contribution in [2.24, 2.45) is 0 Å². The molecule has 3 rings (SSSR count). The van der Waals surface area contributed by atoms with Crippen LogP contribution in [-0.4, -0.2) is 30.6 Å². The van der Waals surface area contributed by atoms with Crippen molar-refractivity contribution in [3.63, 3.8) is 0 Å². The van der Waals surface area contributed by atoms with Crippen LogP contribution in [0.5, 0.6) is 5.88 Å². The summed E-state index contributed by atoms with van der Waals surface area (Å²) >= 11 is 0. The maximum atomic E-state index is 5.36. The van der Waals surface area contributed by atoms with E-state index in [9.17, 15) is 0 Å². The van der Waals surface area contributed by atoms with Crippen molar-refractivity contribution >= 4 is 0 Å². The topological polar surface area (TPSA) is 25.4 Å². The molecular weight excluding hydrogens is 248 g/mol. The zero-order valence-electron chi connectivity index (χ0n) is 12.3. The highest BCUT2D eigenvalue weighted by atomic mass is 16.5. The smallest absolute Gasteiger partial charge is 0.221 e. The number of aromatic nitrogens is 1. The summed E-state index contributed by atoms with van der Waals surface area (Å²) < 4.78 is 5.36. The Morgan fingerprint density at radius 2 is 2.15 bits per heavy atom. The number of benzene rings is 1. The Balaban J connectivity index is 2.05. The van der Waals surface area contributed by atoms with Crippen molar-refractivity contribution in [3.8, 4) is 17.0 Å². The molecule has 2 heterocycles. The summed E-state index contributed by atoms with van der Waals surface area (Å²) in [6.45, 7) is 3.38. The van der Waals surface area contributed by atoms with Gasteiger partial charge >= 0.3 is 0 Å². The summed E-state index contributed by atoms with van der Waals surface area (Å²) in [4.78, 5) is 6.68. The zero-order chi connectivity index (χ0) is 14.1. The Morgan fingerprint density at radius 3 is 2.95 bits per heavy atom. The van der Waals surface area contributed by atoms with Gasteiger partial charge in [0.25, 0.3) is 0 Å². The third-order valence-electron chi connectivity index (χ3n) is 4.26. The summed E-state index contributed by atoms with van der Waals surface area (Å²) in [5, 5.41) is 0. The van der Waals surface area contributed by atoms with E-state index in [0.29, 0.717) is 11.9 Å². The fraction of sp³-hybridized carbons (Fsp3) is 0.353. The van der Waals surface area contributed by atoms with Gasteiger partial charge in [0.1, 0.15) is 0 Å². The van der Waals surface area contributed by atoms with Gasteiger partial charge < -0.3 is 4.74 Å².